The fraction of sp³-hybridized carbons (Fsp3) is 0.536. The number of nitrogens with two attached hydrogens (primary N) is 2. The van der Waals surface area contributed by atoms with E-state index in [-0.39, 0.29) is 35.8 Å². The predicted molar refractivity (Wildman–Crippen MR) is 145 cm³/mol. The molecule has 3 aliphatic carbocycles. The first kappa shape index (κ1) is 28.6. The smallest absolute Gasteiger partial charge is 0.255 e. The van der Waals surface area contributed by atoms with Crippen LogP contribution in [0.4, 0.5) is 5.69 Å². The molecule has 8 N–H and O–H groups in total. The van der Waals surface area contributed by atoms with Crippen LogP contribution in [0.5, 0.6) is 5.75 Å². The molecule has 0 heterocycles. The number of rotatable bonds is 7. The summed E-state index contributed by atoms with van der Waals surface area (Å²) in [4.78, 5) is 42.7. The van der Waals surface area contributed by atoms with Crippen molar-refractivity contribution in [2.45, 2.75) is 56.7 Å². The summed E-state index contributed by atoms with van der Waals surface area (Å²) in [5.41, 5.74) is 9.70. The number of Topliss-reactive ketones (excluding diaryl/α,β-unsaturated/α-hetero) is 2. The maximum absolute atomic E-state index is 14.0. The molecule has 3 aliphatic rings. The maximum atomic E-state index is 14.0. The number of hydrogen-bond donors (Lipinski definition) is 6. The Morgan fingerprint density at radius 1 is 1.18 bits per heavy atom. The van der Waals surface area contributed by atoms with Gasteiger partial charge in [-0.25, -0.2) is 0 Å². The Morgan fingerprint density at radius 3 is 2.36 bits per heavy atom. The molecule has 0 spiro atoms. The Hall–Kier alpha value is -3.41. The Bertz CT molecular complexity index is 1310. The van der Waals surface area contributed by atoms with E-state index in [0.717, 1.165) is 12.1 Å². The summed E-state index contributed by atoms with van der Waals surface area (Å²) in [7, 11) is 6.83. The summed E-state index contributed by atoms with van der Waals surface area (Å²) in [6, 6.07) is 0.744. The van der Waals surface area contributed by atoms with Gasteiger partial charge in [-0.2, -0.15) is 0 Å². The van der Waals surface area contributed by atoms with E-state index in [2.05, 4.69) is 0 Å². The topological polar surface area (TPSA) is 191 Å². The van der Waals surface area contributed by atoms with Gasteiger partial charge in [-0.15, -0.1) is 0 Å². The highest BCUT2D eigenvalue weighted by molar-refractivity contribution is 6.24. The first-order valence-electron chi connectivity index (χ1n) is 13.1. The number of phenolic OH excluding ortho intramolecular Hbond substituents is 1. The van der Waals surface area contributed by atoms with Crippen molar-refractivity contribution in [2.75, 3.05) is 33.1 Å². The number of amides is 1. The second kappa shape index (κ2) is 9.96. The molecule has 0 radical (unpaired) electrons. The highest BCUT2D eigenvalue weighted by atomic mass is 16.3. The van der Waals surface area contributed by atoms with Gasteiger partial charge in [0.05, 0.1) is 11.6 Å². The standard InChI is InChI=1S/C28H38N4O7/c1-12(29)7-6-8-13-11-17(31(2)3)15-9-14-10-16-21(32(4)5)24(35)20(27(30)38)26(37)28(16,39)25(36)18(14)23(34)19(15)22(13)33/h11-12,14,16,21,33-34,37,39H,6-10,29H2,1-5H3,(H2,30,38). The van der Waals surface area contributed by atoms with Crippen LogP contribution in [-0.2, 0) is 27.2 Å². The van der Waals surface area contributed by atoms with E-state index in [0.29, 0.717) is 24.0 Å². The Labute approximate surface area is 227 Å². The third-order valence-electron chi connectivity index (χ3n) is 8.36. The zero-order valence-electron chi connectivity index (χ0n) is 23.0. The number of aromatic hydroxyl groups is 1. The van der Waals surface area contributed by atoms with Crippen LogP contribution in [0.25, 0.3) is 5.76 Å². The lowest BCUT2D eigenvalue weighted by atomic mass is 9.57. The van der Waals surface area contributed by atoms with E-state index in [1.165, 1.54) is 4.90 Å². The lowest BCUT2D eigenvalue weighted by Crippen LogP contribution is -2.65. The molecule has 11 nitrogen and oxygen atoms in total. The van der Waals surface area contributed by atoms with Crippen molar-refractivity contribution in [3.63, 3.8) is 0 Å². The number of ketones is 2. The zero-order valence-corrected chi connectivity index (χ0v) is 23.0. The van der Waals surface area contributed by atoms with Crippen molar-refractivity contribution in [1.29, 1.82) is 0 Å². The number of carbonyl (C=O) groups is 3. The summed E-state index contributed by atoms with van der Waals surface area (Å²) < 4.78 is 0. The van der Waals surface area contributed by atoms with Crippen molar-refractivity contribution >= 4 is 28.9 Å². The molecule has 1 aromatic rings. The first-order valence-corrected chi connectivity index (χ1v) is 13.1. The number of phenols is 1. The number of nitrogens with zero attached hydrogens (tertiary/aromatic N) is 2. The molecule has 0 aromatic heterocycles. The number of aliphatic hydroxyl groups excluding tert-OH is 2. The van der Waals surface area contributed by atoms with Gasteiger partial charge in [0.1, 0.15) is 22.8 Å². The summed E-state index contributed by atoms with van der Waals surface area (Å²) in [5, 5.41) is 45.5. The van der Waals surface area contributed by atoms with E-state index in [9.17, 15) is 34.8 Å². The largest absolute Gasteiger partial charge is 0.508 e. The Balaban J connectivity index is 1.93. The van der Waals surface area contributed by atoms with Crippen LogP contribution < -0.4 is 16.4 Å². The molecule has 1 fully saturated rings. The molecule has 5 unspecified atom stereocenters. The number of aryl methyl sites for hydroxylation is 1. The molecule has 212 valence electrons. The van der Waals surface area contributed by atoms with Crippen LogP contribution in [0.2, 0.25) is 0 Å². The minimum absolute atomic E-state index is 0.0117. The van der Waals surface area contributed by atoms with Gasteiger partial charge in [-0.1, -0.05) is 0 Å². The number of aliphatic hydroxyl groups is 3. The summed E-state index contributed by atoms with van der Waals surface area (Å²) >= 11 is 0. The summed E-state index contributed by atoms with van der Waals surface area (Å²) in [5.74, 6) is -6.52. The van der Waals surface area contributed by atoms with Crippen LogP contribution >= 0.6 is 0 Å². The van der Waals surface area contributed by atoms with Gasteiger partial charge in [0, 0.05) is 37.3 Å². The van der Waals surface area contributed by atoms with E-state index < -0.39 is 58.0 Å². The molecule has 0 aliphatic heterocycles. The number of carbonyl (C=O) groups excluding carboxylic acids is 3. The van der Waals surface area contributed by atoms with Crippen LogP contribution in [0.15, 0.2) is 23.0 Å². The van der Waals surface area contributed by atoms with Crippen LogP contribution in [0.3, 0.4) is 0 Å². The number of primary amides is 1. The fourth-order valence-corrected chi connectivity index (χ4v) is 6.55. The van der Waals surface area contributed by atoms with Gasteiger partial charge < -0.3 is 36.8 Å². The van der Waals surface area contributed by atoms with Gasteiger partial charge in [-0.05, 0) is 76.2 Å². The van der Waals surface area contributed by atoms with Gasteiger partial charge in [-0.3, -0.25) is 19.3 Å². The van der Waals surface area contributed by atoms with E-state index in [1.54, 1.807) is 14.1 Å². The van der Waals surface area contributed by atoms with Crippen molar-refractivity contribution in [1.82, 2.24) is 4.90 Å². The monoisotopic (exact) mass is 542 g/mol. The average Bonchev–Trinajstić information content (AvgIpc) is 2.81. The van der Waals surface area contributed by atoms with Gasteiger partial charge in [0.25, 0.3) is 5.91 Å². The molecular formula is C28H38N4O7. The lowest BCUT2D eigenvalue weighted by Gasteiger charge is -2.50. The minimum atomic E-state index is -2.65. The molecule has 5 atom stereocenters. The van der Waals surface area contributed by atoms with Crippen LogP contribution in [0.1, 0.15) is 42.9 Å². The lowest BCUT2D eigenvalue weighted by molar-refractivity contribution is -0.153. The van der Waals surface area contributed by atoms with E-state index in [1.807, 2.05) is 32.0 Å². The highest BCUT2D eigenvalue weighted by Gasteiger charge is 2.64. The summed E-state index contributed by atoms with van der Waals surface area (Å²) in [6.45, 7) is 1.90. The number of likely N-dealkylation sites (N-methyl/N-ethyl adjacent to an activating group) is 1. The fourth-order valence-electron chi connectivity index (χ4n) is 6.55. The molecule has 1 saturated carbocycles. The van der Waals surface area contributed by atoms with Crippen molar-refractivity contribution < 1.29 is 34.8 Å². The molecular weight excluding hydrogens is 504 g/mol. The van der Waals surface area contributed by atoms with E-state index >= 15 is 0 Å². The second-order valence-corrected chi connectivity index (χ2v) is 11.5. The second-order valence-electron chi connectivity index (χ2n) is 11.5. The molecule has 0 bridgehead atoms. The first-order chi connectivity index (χ1) is 18.1. The molecule has 11 heteroatoms. The van der Waals surface area contributed by atoms with Gasteiger partial charge in [0.2, 0.25) is 5.78 Å². The predicted octanol–water partition coefficient (Wildman–Crippen LogP) is 0.700. The summed E-state index contributed by atoms with van der Waals surface area (Å²) in [6.07, 6.45) is 2.22. The van der Waals surface area contributed by atoms with Gasteiger partial charge in [0.15, 0.2) is 11.4 Å². The third kappa shape index (κ3) is 4.29. The molecule has 4 rings (SSSR count). The third-order valence-corrected chi connectivity index (χ3v) is 8.36. The minimum Gasteiger partial charge on any atom is -0.508 e. The van der Waals surface area contributed by atoms with Crippen LogP contribution in [-0.4, -0.2) is 88.7 Å². The van der Waals surface area contributed by atoms with Crippen molar-refractivity contribution in [2.24, 2.45) is 23.3 Å². The number of fused-ring (bicyclic) bond motifs is 3. The Kier molecular flexibility index (Phi) is 7.30. The maximum Gasteiger partial charge on any atom is 0.255 e. The van der Waals surface area contributed by atoms with Crippen molar-refractivity contribution in [3.8, 4) is 5.75 Å². The number of anilines is 1. The van der Waals surface area contributed by atoms with Crippen LogP contribution in [0, 0.1) is 11.8 Å². The molecule has 1 amide bonds. The normalized spacial score (nSPS) is 27.3. The van der Waals surface area contributed by atoms with Gasteiger partial charge >= 0.3 is 0 Å². The molecule has 0 saturated heterocycles. The molecule has 1 aromatic carbocycles. The average molecular weight is 543 g/mol. The molecule has 39 heavy (non-hydrogen) atoms. The van der Waals surface area contributed by atoms with Crippen molar-refractivity contribution in [3.05, 3.63) is 39.7 Å². The SMILES string of the molecule is CC(N)CCCc1cc(N(C)C)c2c(c1O)C(O)=C1C(=O)C3(O)C(O)=C(C(N)=O)C(=O)C(N(C)C)C3CC1C2. The quantitative estimate of drug-likeness (QED) is 0.267. The Morgan fingerprint density at radius 2 is 1.82 bits per heavy atom. The zero-order chi connectivity index (χ0) is 29.1. The highest BCUT2D eigenvalue weighted by Crippen LogP contribution is 2.54. The number of hydrogen-bond acceptors (Lipinski definition) is 10. The van der Waals surface area contributed by atoms with E-state index in [4.69, 9.17) is 11.5 Å². The number of benzene rings is 1.